The van der Waals surface area contributed by atoms with E-state index in [1.54, 1.807) is 35.3 Å². The number of anilines is 1. The highest BCUT2D eigenvalue weighted by molar-refractivity contribution is 9.10. The van der Waals surface area contributed by atoms with Crippen LogP contribution in [0.25, 0.3) is 0 Å². The monoisotopic (exact) mass is 425 g/mol. The van der Waals surface area contributed by atoms with Gasteiger partial charge in [-0.15, -0.1) is 0 Å². The van der Waals surface area contributed by atoms with Crippen LogP contribution in [0.1, 0.15) is 11.3 Å². The van der Waals surface area contributed by atoms with Crippen LogP contribution in [0.15, 0.2) is 41.1 Å². The van der Waals surface area contributed by atoms with Gasteiger partial charge in [0.1, 0.15) is 12.4 Å². The number of aryl methyl sites for hydroxylation is 1. The number of aromatic nitrogens is 4. The fraction of sp³-hybridized carbons (Fsp3) is 0.188. The molecule has 0 aliphatic carbocycles. The van der Waals surface area contributed by atoms with Crippen molar-refractivity contribution in [3.63, 3.8) is 0 Å². The highest BCUT2D eigenvalue weighted by Crippen LogP contribution is 2.21. The lowest BCUT2D eigenvalue weighted by molar-refractivity contribution is -0.116. The van der Waals surface area contributed by atoms with Gasteiger partial charge in [0.25, 0.3) is 0 Å². The molecule has 0 unspecified atom stereocenters. The molecule has 0 bridgehead atoms. The Kier molecular flexibility index (Phi) is 5.19. The van der Waals surface area contributed by atoms with Crippen molar-refractivity contribution in [1.29, 1.82) is 0 Å². The first-order chi connectivity index (χ1) is 11.9. The van der Waals surface area contributed by atoms with E-state index in [2.05, 4.69) is 31.4 Å². The van der Waals surface area contributed by atoms with Crippen LogP contribution in [-0.2, 0) is 17.9 Å². The molecule has 3 rings (SSSR count). The van der Waals surface area contributed by atoms with E-state index in [0.29, 0.717) is 16.4 Å². The van der Waals surface area contributed by atoms with Crippen LogP contribution in [0, 0.1) is 12.7 Å². The standard InChI is InChI=1S/C16H14BrClFN5O/c1-10-5-15(21-16(25)9-23-7-11(17)6-20-23)22-24(10)8-12-13(18)3-2-4-14(12)19/h2-7H,8-9H2,1H3,(H,21,22,25). The second kappa shape index (κ2) is 7.37. The lowest BCUT2D eigenvalue weighted by Gasteiger charge is -2.07. The van der Waals surface area contributed by atoms with Gasteiger partial charge in [-0.3, -0.25) is 14.2 Å². The Morgan fingerprint density at radius 1 is 1.44 bits per heavy atom. The van der Waals surface area contributed by atoms with Crippen molar-refractivity contribution in [2.24, 2.45) is 0 Å². The van der Waals surface area contributed by atoms with Crippen LogP contribution < -0.4 is 5.32 Å². The summed E-state index contributed by atoms with van der Waals surface area (Å²) >= 11 is 9.32. The van der Waals surface area contributed by atoms with Gasteiger partial charge in [0.05, 0.1) is 17.2 Å². The second-order valence-electron chi connectivity index (χ2n) is 5.43. The van der Waals surface area contributed by atoms with Gasteiger partial charge in [0, 0.05) is 28.5 Å². The number of benzene rings is 1. The van der Waals surface area contributed by atoms with Crippen LogP contribution in [0.3, 0.4) is 0 Å². The van der Waals surface area contributed by atoms with Crippen molar-refractivity contribution >= 4 is 39.3 Å². The minimum absolute atomic E-state index is 0.0661. The quantitative estimate of drug-likeness (QED) is 0.677. The average Bonchev–Trinajstić information content (AvgIpc) is 3.09. The van der Waals surface area contributed by atoms with Gasteiger partial charge in [-0.2, -0.15) is 10.2 Å². The first-order valence-corrected chi connectivity index (χ1v) is 8.54. The molecule has 0 aliphatic rings. The summed E-state index contributed by atoms with van der Waals surface area (Å²) in [5, 5.41) is 11.4. The van der Waals surface area contributed by atoms with Gasteiger partial charge in [0.2, 0.25) is 5.91 Å². The lowest BCUT2D eigenvalue weighted by atomic mass is 10.2. The Morgan fingerprint density at radius 3 is 2.92 bits per heavy atom. The number of hydrogen-bond donors (Lipinski definition) is 1. The largest absolute Gasteiger partial charge is 0.308 e. The molecule has 1 N–H and O–H groups in total. The molecular weight excluding hydrogens is 413 g/mol. The zero-order valence-corrected chi connectivity index (χ0v) is 15.6. The highest BCUT2D eigenvalue weighted by Gasteiger charge is 2.13. The predicted molar refractivity (Wildman–Crippen MR) is 96.0 cm³/mol. The summed E-state index contributed by atoms with van der Waals surface area (Å²) in [6, 6.07) is 6.25. The van der Waals surface area contributed by atoms with Crippen LogP contribution in [0.4, 0.5) is 10.2 Å². The Hall–Kier alpha value is -2.19. The van der Waals surface area contributed by atoms with Crippen LogP contribution in [0.5, 0.6) is 0 Å². The molecule has 0 atom stereocenters. The number of rotatable bonds is 5. The lowest BCUT2D eigenvalue weighted by Crippen LogP contribution is -2.19. The third-order valence-corrected chi connectivity index (χ3v) is 4.29. The normalized spacial score (nSPS) is 10.9. The molecule has 130 valence electrons. The maximum Gasteiger partial charge on any atom is 0.247 e. The van der Waals surface area contributed by atoms with E-state index in [4.69, 9.17) is 11.6 Å². The molecule has 0 aliphatic heterocycles. The van der Waals surface area contributed by atoms with Crippen molar-refractivity contribution in [3.8, 4) is 0 Å². The third kappa shape index (κ3) is 4.26. The first kappa shape index (κ1) is 17.6. The Bertz CT molecular complexity index is 903. The molecule has 1 aromatic carbocycles. The Balaban J connectivity index is 1.71. The summed E-state index contributed by atoms with van der Waals surface area (Å²) in [5.74, 6) is -0.261. The van der Waals surface area contributed by atoms with Gasteiger partial charge in [-0.1, -0.05) is 17.7 Å². The number of halogens is 3. The fourth-order valence-electron chi connectivity index (χ4n) is 2.32. The number of carbonyl (C=O) groups is 1. The van der Waals surface area contributed by atoms with Gasteiger partial charge in [-0.05, 0) is 35.0 Å². The molecular formula is C16H14BrClFN5O. The molecule has 2 heterocycles. The van der Waals surface area contributed by atoms with Crippen molar-refractivity contribution in [3.05, 3.63) is 63.2 Å². The van der Waals surface area contributed by atoms with Gasteiger partial charge in [-0.25, -0.2) is 4.39 Å². The zero-order valence-electron chi connectivity index (χ0n) is 13.2. The average molecular weight is 427 g/mol. The summed E-state index contributed by atoms with van der Waals surface area (Å²) in [6.07, 6.45) is 3.30. The van der Waals surface area contributed by atoms with E-state index >= 15 is 0 Å². The maximum atomic E-state index is 13.9. The summed E-state index contributed by atoms with van der Waals surface area (Å²) in [7, 11) is 0. The van der Waals surface area contributed by atoms with Gasteiger partial charge < -0.3 is 5.32 Å². The van der Waals surface area contributed by atoms with Crippen molar-refractivity contribution in [2.45, 2.75) is 20.0 Å². The first-order valence-electron chi connectivity index (χ1n) is 7.37. The molecule has 0 saturated heterocycles. The van der Waals surface area contributed by atoms with Crippen LogP contribution in [-0.4, -0.2) is 25.5 Å². The van der Waals surface area contributed by atoms with Crippen molar-refractivity contribution in [1.82, 2.24) is 19.6 Å². The topological polar surface area (TPSA) is 64.7 Å². The van der Waals surface area contributed by atoms with Crippen LogP contribution >= 0.6 is 27.5 Å². The number of nitrogens with one attached hydrogen (secondary N) is 1. The molecule has 2 aromatic heterocycles. The molecule has 6 nitrogen and oxygen atoms in total. The molecule has 0 radical (unpaired) electrons. The smallest absolute Gasteiger partial charge is 0.247 e. The minimum atomic E-state index is -0.391. The molecule has 1 amide bonds. The molecule has 9 heteroatoms. The van der Waals surface area contributed by atoms with Gasteiger partial charge in [0.15, 0.2) is 5.82 Å². The van der Waals surface area contributed by atoms with E-state index in [1.165, 1.54) is 10.7 Å². The number of hydrogen-bond acceptors (Lipinski definition) is 3. The SMILES string of the molecule is Cc1cc(NC(=O)Cn2cc(Br)cn2)nn1Cc1c(F)cccc1Cl. The fourth-order valence-corrected chi connectivity index (χ4v) is 2.87. The maximum absolute atomic E-state index is 13.9. The number of amides is 1. The molecule has 25 heavy (non-hydrogen) atoms. The summed E-state index contributed by atoms with van der Waals surface area (Å²) in [4.78, 5) is 12.1. The van der Waals surface area contributed by atoms with E-state index in [-0.39, 0.29) is 19.0 Å². The van der Waals surface area contributed by atoms with E-state index < -0.39 is 5.82 Å². The van der Waals surface area contributed by atoms with E-state index in [0.717, 1.165) is 10.2 Å². The zero-order chi connectivity index (χ0) is 18.0. The number of nitrogens with zero attached hydrogens (tertiary/aromatic N) is 4. The molecule has 3 aromatic rings. The van der Waals surface area contributed by atoms with E-state index in [9.17, 15) is 9.18 Å². The molecule has 0 saturated carbocycles. The Morgan fingerprint density at radius 2 is 2.24 bits per heavy atom. The second-order valence-corrected chi connectivity index (χ2v) is 6.76. The van der Waals surface area contributed by atoms with Crippen molar-refractivity contribution in [2.75, 3.05) is 5.32 Å². The Labute approximate surface area is 156 Å². The van der Waals surface area contributed by atoms with Crippen molar-refractivity contribution < 1.29 is 9.18 Å². The molecule has 0 spiro atoms. The number of carbonyl (C=O) groups excluding carboxylic acids is 1. The summed E-state index contributed by atoms with van der Waals surface area (Å²) in [5.41, 5.74) is 1.13. The summed E-state index contributed by atoms with van der Waals surface area (Å²) < 4.78 is 17.8. The summed E-state index contributed by atoms with van der Waals surface area (Å²) in [6.45, 7) is 2.07. The van der Waals surface area contributed by atoms with E-state index in [1.807, 2.05) is 6.92 Å². The predicted octanol–water partition coefficient (Wildman–Crippen LogP) is 3.63. The van der Waals surface area contributed by atoms with Crippen LogP contribution in [0.2, 0.25) is 5.02 Å². The third-order valence-electron chi connectivity index (χ3n) is 3.53. The highest BCUT2D eigenvalue weighted by atomic mass is 79.9. The minimum Gasteiger partial charge on any atom is -0.308 e. The van der Waals surface area contributed by atoms with Gasteiger partial charge >= 0.3 is 0 Å². The molecule has 0 fully saturated rings.